The predicted octanol–water partition coefficient (Wildman–Crippen LogP) is 6.36. The van der Waals surface area contributed by atoms with Gasteiger partial charge in [-0.2, -0.15) is 0 Å². The minimum atomic E-state index is -1.33. The minimum absolute atomic E-state index is 0.0364. The van der Waals surface area contributed by atoms with E-state index < -0.39 is 59.5 Å². The maximum Gasteiger partial charge on any atom is 0.338 e. The van der Waals surface area contributed by atoms with Gasteiger partial charge >= 0.3 is 11.9 Å². The third-order valence-corrected chi connectivity index (χ3v) is 9.98. The first kappa shape index (κ1) is 40.8. The van der Waals surface area contributed by atoms with Crippen LogP contribution in [0.25, 0.3) is 0 Å². The Morgan fingerprint density at radius 1 is 0.857 bits per heavy atom. The lowest BCUT2D eigenvalue weighted by Gasteiger charge is -2.31. The molecule has 1 saturated heterocycles. The van der Waals surface area contributed by atoms with Gasteiger partial charge in [-0.05, 0) is 91.8 Å². The number of benzene rings is 4. The number of aliphatic hydroxyl groups is 1. The van der Waals surface area contributed by atoms with Crippen LogP contribution in [0.15, 0.2) is 121 Å². The molecule has 56 heavy (non-hydrogen) atoms. The molecule has 4 unspecified atom stereocenters. The number of rotatable bonds is 13. The third kappa shape index (κ3) is 10.1. The van der Waals surface area contributed by atoms with Crippen molar-refractivity contribution in [2.75, 3.05) is 6.61 Å². The number of amides is 2. The Morgan fingerprint density at radius 2 is 1.52 bits per heavy atom. The Kier molecular flexibility index (Phi) is 13.0. The Morgan fingerprint density at radius 3 is 2.16 bits per heavy atom. The molecule has 0 saturated carbocycles. The van der Waals surface area contributed by atoms with E-state index in [2.05, 4.69) is 33.2 Å². The first-order chi connectivity index (χ1) is 26.8. The van der Waals surface area contributed by atoms with Crippen molar-refractivity contribution in [3.63, 3.8) is 0 Å². The van der Waals surface area contributed by atoms with Gasteiger partial charge in [0.15, 0.2) is 0 Å². The lowest BCUT2D eigenvalue weighted by Crippen LogP contribution is -2.43. The molecule has 1 aliphatic heterocycles. The molecule has 4 aromatic rings. The molecule has 0 aromatic heterocycles. The molecule has 2 aliphatic rings. The van der Waals surface area contributed by atoms with Crippen molar-refractivity contribution in [1.29, 1.82) is 0 Å². The summed E-state index contributed by atoms with van der Waals surface area (Å²) >= 11 is 2.14. The van der Waals surface area contributed by atoms with Gasteiger partial charge in [0.1, 0.15) is 23.9 Å². The Labute approximate surface area is 339 Å². The Bertz CT molecular complexity index is 2030. The van der Waals surface area contributed by atoms with Crippen molar-refractivity contribution >= 4 is 46.3 Å². The van der Waals surface area contributed by atoms with E-state index >= 15 is 0 Å². The van der Waals surface area contributed by atoms with Crippen LogP contribution < -0.4 is 10.6 Å². The van der Waals surface area contributed by atoms with Gasteiger partial charge in [0, 0.05) is 45.2 Å². The fourth-order valence-electron chi connectivity index (χ4n) is 6.69. The van der Waals surface area contributed by atoms with Crippen molar-refractivity contribution < 1.29 is 43.2 Å². The molecule has 11 nitrogen and oxygen atoms in total. The van der Waals surface area contributed by atoms with E-state index in [9.17, 15) is 24.3 Å². The average Bonchev–Trinajstić information content (AvgIpc) is 3.60. The van der Waals surface area contributed by atoms with E-state index in [-0.39, 0.29) is 32.4 Å². The second-order valence-electron chi connectivity index (χ2n) is 14.7. The molecule has 0 spiro atoms. The highest BCUT2D eigenvalue weighted by Crippen LogP contribution is 2.47. The van der Waals surface area contributed by atoms with E-state index in [4.69, 9.17) is 18.9 Å². The largest absolute Gasteiger partial charge is 0.460 e. The van der Waals surface area contributed by atoms with Crippen LogP contribution in [0.2, 0.25) is 0 Å². The van der Waals surface area contributed by atoms with Gasteiger partial charge in [-0.3, -0.25) is 14.4 Å². The van der Waals surface area contributed by atoms with Crippen LogP contribution in [0.5, 0.6) is 0 Å². The van der Waals surface area contributed by atoms with Crippen molar-refractivity contribution in [2.24, 2.45) is 0 Å². The van der Waals surface area contributed by atoms with Crippen LogP contribution in [0.4, 0.5) is 0 Å². The topological polar surface area (TPSA) is 149 Å². The number of hydrogen-bond acceptors (Lipinski definition) is 9. The molecule has 1 aliphatic carbocycles. The fourth-order valence-corrected chi connectivity index (χ4v) is 7.24. The van der Waals surface area contributed by atoms with E-state index in [0.717, 1.165) is 14.7 Å². The molecule has 0 radical (unpaired) electrons. The second-order valence-corrected chi connectivity index (χ2v) is 16.0. The first-order valence-corrected chi connectivity index (χ1v) is 19.6. The number of fused-ring (bicyclic) bond motifs is 1. The van der Waals surface area contributed by atoms with Gasteiger partial charge in [0.05, 0.1) is 18.2 Å². The van der Waals surface area contributed by atoms with E-state index in [1.807, 2.05) is 66.7 Å². The van der Waals surface area contributed by atoms with Gasteiger partial charge < -0.3 is 34.7 Å². The van der Waals surface area contributed by atoms with Gasteiger partial charge in [0.2, 0.25) is 11.7 Å². The predicted molar refractivity (Wildman–Crippen MR) is 216 cm³/mol. The molecule has 1 heterocycles. The molecular weight excluding hydrogens is 827 g/mol. The van der Waals surface area contributed by atoms with Crippen LogP contribution in [-0.2, 0) is 40.9 Å². The number of nitrogens with one attached hydrogen (secondary N) is 2. The second kappa shape index (κ2) is 17.9. The van der Waals surface area contributed by atoms with E-state index in [0.29, 0.717) is 22.3 Å². The number of carbonyl (C=O) groups is 4. The summed E-state index contributed by atoms with van der Waals surface area (Å²) < 4.78 is 25.9. The summed E-state index contributed by atoms with van der Waals surface area (Å²) in [6, 6.07) is 32.2. The molecular formula is C44H45IN2O9. The molecule has 6 rings (SSSR count). The third-order valence-electron chi connectivity index (χ3n) is 9.31. The summed E-state index contributed by atoms with van der Waals surface area (Å²) in [5, 5.41) is 15.6. The smallest absolute Gasteiger partial charge is 0.338 e. The number of aliphatic hydroxyl groups excluding tert-OH is 1. The highest BCUT2D eigenvalue weighted by Gasteiger charge is 2.55. The number of esters is 2. The number of hydrogen-bond donors (Lipinski definition) is 3. The summed E-state index contributed by atoms with van der Waals surface area (Å²) in [5.41, 5.74) is 2.58. The average molecular weight is 873 g/mol. The summed E-state index contributed by atoms with van der Waals surface area (Å²) in [4.78, 5) is 52.7. The Balaban J connectivity index is 1.18. The van der Waals surface area contributed by atoms with E-state index in [1.54, 1.807) is 69.3 Å². The van der Waals surface area contributed by atoms with Crippen LogP contribution in [0, 0.1) is 3.57 Å². The molecule has 12 heteroatoms. The number of halogens is 1. The van der Waals surface area contributed by atoms with Gasteiger partial charge in [-0.1, -0.05) is 78.9 Å². The van der Waals surface area contributed by atoms with Crippen molar-refractivity contribution in [3.8, 4) is 0 Å². The molecule has 3 N–H and O–H groups in total. The zero-order chi connectivity index (χ0) is 39.9. The van der Waals surface area contributed by atoms with Crippen LogP contribution >= 0.6 is 22.6 Å². The van der Waals surface area contributed by atoms with Crippen LogP contribution in [0.1, 0.15) is 77.4 Å². The molecule has 1 fully saturated rings. The number of carbonyl (C=O) groups excluding carboxylic acids is 4. The van der Waals surface area contributed by atoms with Crippen molar-refractivity contribution in [3.05, 3.63) is 152 Å². The maximum absolute atomic E-state index is 13.9. The van der Waals surface area contributed by atoms with Gasteiger partial charge in [-0.15, -0.1) is 0 Å². The molecule has 292 valence electrons. The highest BCUT2D eigenvalue weighted by atomic mass is 127. The molecule has 0 bridgehead atoms. The normalized spacial score (nSPS) is 19.2. The van der Waals surface area contributed by atoms with Crippen molar-refractivity contribution in [2.45, 2.75) is 82.3 Å². The lowest BCUT2D eigenvalue weighted by atomic mass is 9.91. The highest BCUT2D eigenvalue weighted by molar-refractivity contribution is 14.1. The lowest BCUT2D eigenvalue weighted by molar-refractivity contribution is -0.157. The van der Waals surface area contributed by atoms with E-state index in [1.165, 1.54) is 0 Å². The quantitative estimate of drug-likeness (QED) is 0.103. The number of ether oxygens (including phenoxy) is 4. The molecule has 2 amide bonds. The SMILES string of the molecule is CC(C)(C)OC(=O)CCC(CO)NC(=O)c1cccc(CNC(=O)C2=CC3OC(c4ccccc4)(c4ccccc4)OC3C(OC(=O)c3cccc(I)c3)C2)c1. The van der Waals surface area contributed by atoms with Crippen LogP contribution in [0.3, 0.4) is 0 Å². The fraction of sp³-hybridized carbons (Fsp3) is 0.318. The minimum Gasteiger partial charge on any atom is -0.460 e. The van der Waals surface area contributed by atoms with Gasteiger partial charge in [-0.25, -0.2) is 4.79 Å². The summed E-state index contributed by atoms with van der Waals surface area (Å²) in [6.07, 6.45) is -0.306. The van der Waals surface area contributed by atoms with Gasteiger partial charge in [0.25, 0.3) is 5.91 Å². The molecule has 4 aromatic carbocycles. The Hall–Kier alpha value is -4.89. The monoisotopic (exact) mass is 872 g/mol. The summed E-state index contributed by atoms with van der Waals surface area (Å²) in [5.74, 6) is -3.12. The summed E-state index contributed by atoms with van der Waals surface area (Å²) in [7, 11) is 0. The maximum atomic E-state index is 13.9. The zero-order valence-corrected chi connectivity index (χ0v) is 33.6. The van der Waals surface area contributed by atoms with Crippen molar-refractivity contribution in [1.82, 2.24) is 10.6 Å². The van der Waals surface area contributed by atoms with Crippen LogP contribution in [-0.4, -0.2) is 65.4 Å². The standard InChI is InChI=1S/C44H45IN2O9/c1-43(2,3)55-38(49)21-20-35(27-48)47-41(51)29-13-10-12-28(22-29)26-46-40(50)31-24-36(53-42(52)30-14-11-19-34(45)23-30)39-37(25-31)54-44(56-39,32-15-6-4-7-16-32)33-17-8-5-9-18-33/h4-19,22-23,25,35-37,39,48H,20-21,24,26-27H2,1-3H3,(H,46,50)(H,47,51). The first-order valence-electron chi connectivity index (χ1n) is 18.5. The zero-order valence-electron chi connectivity index (χ0n) is 31.4. The summed E-state index contributed by atoms with van der Waals surface area (Å²) in [6.45, 7) is 5.06. The molecule has 4 atom stereocenters.